The topological polar surface area (TPSA) is 63.4 Å². The smallest absolute Gasteiger partial charge is 0.246 e. The van der Waals surface area contributed by atoms with Gasteiger partial charge in [0.2, 0.25) is 10.0 Å². The zero-order valence-corrected chi connectivity index (χ0v) is 14.1. The van der Waals surface area contributed by atoms with Crippen LogP contribution in [0.4, 0.5) is 8.78 Å². The molecule has 2 rings (SSSR count). The van der Waals surface area contributed by atoms with Gasteiger partial charge in [-0.1, -0.05) is 13.8 Å². The molecule has 0 amide bonds. The Morgan fingerprint density at radius 3 is 2.52 bits per heavy atom. The van der Waals surface area contributed by atoms with Crippen molar-refractivity contribution in [3.63, 3.8) is 0 Å². The highest BCUT2D eigenvalue weighted by atomic mass is 79.9. The van der Waals surface area contributed by atoms with Crippen LogP contribution in [0.2, 0.25) is 0 Å². The molecule has 2 N–H and O–H groups in total. The first-order chi connectivity index (χ1) is 9.55. The van der Waals surface area contributed by atoms with Crippen LogP contribution in [-0.2, 0) is 10.0 Å². The van der Waals surface area contributed by atoms with Gasteiger partial charge in [0.05, 0.1) is 4.47 Å². The van der Waals surface area contributed by atoms with Crippen LogP contribution in [0.15, 0.2) is 21.5 Å². The van der Waals surface area contributed by atoms with Gasteiger partial charge in [-0.05, 0) is 33.8 Å². The lowest BCUT2D eigenvalue weighted by Gasteiger charge is -2.41. The molecule has 0 spiro atoms. The van der Waals surface area contributed by atoms with Gasteiger partial charge >= 0.3 is 0 Å². The highest BCUT2D eigenvalue weighted by Crippen LogP contribution is 2.33. The van der Waals surface area contributed by atoms with Gasteiger partial charge < -0.3 is 5.73 Å². The van der Waals surface area contributed by atoms with Crippen molar-refractivity contribution < 1.29 is 17.2 Å². The molecule has 1 aromatic rings. The first-order valence-corrected chi connectivity index (χ1v) is 8.69. The van der Waals surface area contributed by atoms with Crippen LogP contribution in [-0.4, -0.2) is 31.9 Å². The molecular formula is C13H17BrF2N2O2S. The van der Waals surface area contributed by atoms with Crippen LogP contribution in [0.25, 0.3) is 0 Å². The van der Waals surface area contributed by atoms with Crippen LogP contribution >= 0.6 is 15.9 Å². The Morgan fingerprint density at radius 1 is 1.33 bits per heavy atom. The van der Waals surface area contributed by atoms with Crippen molar-refractivity contribution in [2.45, 2.75) is 31.2 Å². The first kappa shape index (κ1) is 16.8. The van der Waals surface area contributed by atoms with Crippen LogP contribution in [0.5, 0.6) is 0 Å². The fourth-order valence-corrected chi connectivity index (χ4v) is 4.56. The highest BCUT2D eigenvalue weighted by molar-refractivity contribution is 9.10. The number of nitrogens with zero attached hydrogens (tertiary/aromatic N) is 1. The number of nitrogens with two attached hydrogens (primary N) is 1. The molecule has 21 heavy (non-hydrogen) atoms. The van der Waals surface area contributed by atoms with Crippen molar-refractivity contribution in [1.82, 2.24) is 4.31 Å². The lowest BCUT2D eigenvalue weighted by molar-refractivity contribution is 0.155. The minimum absolute atomic E-state index is 0.0875. The molecule has 0 radical (unpaired) electrons. The molecule has 118 valence electrons. The predicted octanol–water partition coefficient (Wildman–Crippen LogP) is 2.48. The maximum atomic E-state index is 13.9. The van der Waals surface area contributed by atoms with Crippen molar-refractivity contribution in [3.8, 4) is 0 Å². The lowest BCUT2D eigenvalue weighted by Crippen LogP contribution is -2.53. The second-order valence-electron chi connectivity index (χ2n) is 5.92. The number of halogens is 3. The van der Waals surface area contributed by atoms with E-state index in [1.165, 1.54) is 4.31 Å². The zero-order valence-electron chi connectivity index (χ0n) is 11.7. The molecule has 1 aliphatic rings. The Labute approximate surface area is 131 Å². The van der Waals surface area contributed by atoms with Crippen LogP contribution in [0.3, 0.4) is 0 Å². The highest BCUT2D eigenvalue weighted by Gasteiger charge is 2.39. The van der Waals surface area contributed by atoms with E-state index < -0.39 is 32.0 Å². The van der Waals surface area contributed by atoms with Crippen molar-refractivity contribution in [1.29, 1.82) is 0 Å². The third kappa shape index (κ3) is 3.13. The lowest BCUT2D eigenvalue weighted by atomic mass is 9.81. The molecule has 0 aromatic heterocycles. The van der Waals surface area contributed by atoms with Gasteiger partial charge in [0.1, 0.15) is 16.5 Å². The summed E-state index contributed by atoms with van der Waals surface area (Å²) in [6.45, 7) is 4.17. The molecule has 0 bridgehead atoms. The molecule has 4 nitrogen and oxygen atoms in total. The standard InChI is InChI=1S/C13H17BrF2N2O2S/c1-13(2)7-18(4-3-12(13)17)21(19,20)11-5-8(14)9(15)6-10(11)16/h5-6,12H,3-4,7,17H2,1-2H3. The van der Waals surface area contributed by atoms with Gasteiger partial charge in [-0.2, -0.15) is 4.31 Å². The molecule has 0 aliphatic carbocycles. The Kier molecular flexibility index (Phi) is 4.45. The quantitative estimate of drug-likeness (QED) is 0.799. The summed E-state index contributed by atoms with van der Waals surface area (Å²) in [5.41, 5.74) is 5.57. The molecule has 1 fully saturated rings. The maximum Gasteiger partial charge on any atom is 0.246 e. The maximum absolute atomic E-state index is 13.9. The van der Waals surface area contributed by atoms with Gasteiger partial charge in [-0.25, -0.2) is 17.2 Å². The van der Waals surface area contributed by atoms with Crippen molar-refractivity contribution >= 4 is 26.0 Å². The van der Waals surface area contributed by atoms with E-state index in [1.54, 1.807) is 0 Å². The van der Waals surface area contributed by atoms with E-state index in [1.807, 2.05) is 13.8 Å². The minimum atomic E-state index is -4.02. The predicted molar refractivity (Wildman–Crippen MR) is 79.2 cm³/mol. The molecule has 1 unspecified atom stereocenters. The van der Waals surface area contributed by atoms with Gasteiger partial charge in [-0.15, -0.1) is 0 Å². The van der Waals surface area contributed by atoms with Crippen LogP contribution in [0, 0.1) is 17.0 Å². The summed E-state index contributed by atoms with van der Waals surface area (Å²) >= 11 is 2.88. The van der Waals surface area contributed by atoms with E-state index in [4.69, 9.17) is 5.73 Å². The van der Waals surface area contributed by atoms with Crippen molar-refractivity contribution in [3.05, 3.63) is 28.2 Å². The van der Waals surface area contributed by atoms with Crippen LogP contribution in [0.1, 0.15) is 20.3 Å². The Balaban J connectivity index is 2.42. The average Bonchev–Trinajstić information content (AvgIpc) is 2.36. The minimum Gasteiger partial charge on any atom is -0.327 e. The van der Waals surface area contributed by atoms with E-state index in [-0.39, 0.29) is 23.6 Å². The normalized spacial score (nSPS) is 23.2. The molecule has 1 aliphatic heterocycles. The molecule has 1 aromatic carbocycles. The summed E-state index contributed by atoms with van der Waals surface area (Å²) in [5, 5.41) is 0. The summed E-state index contributed by atoms with van der Waals surface area (Å²) in [4.78, 5) is -0.526. The SMILES string of the molecule is CC1(C)CN(S(=O)(=O)c2cc(Br)c(F)cc2F)CCC1N. The molecule has 1 saturated heterocycles. The second-order valence-corrected chi connectivity index (χ2v) is 8.68. The molecule has 1 heterocycles. The molecule has 8 heteroatoms. The number of piperidine rings is 1. The van der Waals surface area contributed by atoms with Crippen molar-refractivity contribution in [2.75, 3.05) is 13.1 Å². The summed E-state index contributed by atoms with van der Waals surface area (Å²) in [7, 11) is -4.02. The first-order valence-electron chi connectivity index (χ1n) is 6.46. The molecule has 1 atom stereocenters. The van der Waals surface area contributed by atoms with E-state index >= 15 is 0 Å². The number of hydrogen-bond acceptors (Lipinski definition) is 3. The average molecular weight is 383 g/mol. The summed E-state index contributed by atoms with van der Waals surface area (Å²) < 4.78 is 53.4. The van der Waals surface area contributed by atoms with Gasteiger partial charge in [0.15, 0.2) is 0 Å². The molecule has 0 saturated carbocycles. The third-order valence-corrected chi connectivity index (χ3v) is 6.34. The van der Waals surface area contributed by atoms with E-state index in [0.717, 1.165) is 6.07 Å². The summed E-state index contributed by atoms with van der Waals surface area (Å²) in [6.07, 6.45) is 0.496. The third-order valence-electron chi connectivity index (χ3n) is 3.87. The van der Waals surface area contributed by atoms with Crippen molar-refractivity contribution in [2.24, 2.45) is 11.1 Å². The Hall–Kier alpha value is -0.570. The van der Waals surface area contributed by atoms with E-state index in [9.17, 15) is 17.2 Å². The van der Waals surface area contributed by atoms with E-state index in [2.05, 4.69) is 15.9 Å². The largest absolute Gasteiger partial charge is 0.327 e. The fourth-order valence-electron chi connectivity index (χ4n) is 2.37. The van der Waals surface area contributed by atoms with Gasteiger partial charge in [0.25, 0.3) is 0 Å². The Bertz CT molecular complexity index is 664. The van der Waals surface area contributed by atoms with Gasteiger partial charge in [-0.3, -0.25) is 0 Å². The number of hydrogen-bond donors (Lipinski definition) is 1. The zero-order chi connectivity index (χ0) is 16.0. The number of rotatable bonds is 2. The summed E-state index contributed by atoms with van der Waals surface area (Å²) in [6, 6.07) is 1.41. The van der Waals surface area contributed by atoms with Crippen LogP contribution < -0.4 is 5.73 Å². The fraction of sp³-hybridized carbons (Fsp3) is 0.538. The van der Waals surface area contributed by atoms with E-state index in [0.29, 0.717) is 12.5 Å². The monoisotopic (exact) mass is 382 g/mol. The van der Waals surface area contributed by atoms with Gasteiger partial charge in [0, 0.05) is 25.2 Å². The number of sulfonamides is 1. The Morgan fingerprint density at radius 2 is 1.95 bits per heavy atom. The number of benzene rings is 1. The second kappa shape index (κ2) is 5.57. The summed E-state index contributed by atoms with van der Waals surface area (Å²) in [5.74, 6) is -1.93. The molecular weight excluding hydrogens is 366 g/mol.